The SMILES string of the molecule is CCCCCCCCCCCCCCc1n(CCCCCCCCCCCCC)cc[n+]1CCCCC. The maximum absolute atomic E-state index is 2.61. The number of hydrogen-bond donors (Lipinski definition) is 0. The normalized spacial score (nSPS) is 11.5. The highest BCUT2D eigenvalue weighted by atomic mass is 15.1. The molecule has 1 heterocycles. The van der Waals surface area contributed by atoms with Crippen molar-refractivity contribution in [3.05, 3.63) is 18.2 Å². The molecule has 0 aliphatic rings. The van der Waals surface area contributed by atoms with Crippen LogP contribution in [0.25, 0.3) is 0 Å². The largest absolute Gasteiger partial charge is 0.256 e. The van der Waals surface area contributed by atoms with Gasteiger partial charge in [-0.05, 0) is 32.1 Å². The predicted octanol–water partition coefficient (Wildman–Crippen LogP) is 11.5. The fourth-order valence-electron chi connectivity index (χ4n) is 5.80. The van der Waals surface area contributed by atoms with Gasteiger partial charge in [-0.1, -0.05) is 156 Å². The number of imidazole rings is 1. The summed E-state index contributed by atoms with van der Waals surface area (Å²) in [5, 5.41) is 0. The van der Waals surface area contributed by atoms with Crippen LogP contribution < -0.4 is 4.57 Å². The van der Waals surface area contributed by atoms with Gasteiger partial charge >= 0.3 is 0 Å². The molecule has 0 bridgehead atoms. The summed E-state index contributed by atoms with van der Waals surface area (Å²) < 4.78 is 5.20. The van der Waals surface area contributed by atoms with Crippen LogP contribution in [0, 0.1) is 0 Å². The van der Waals surface area contributed by atoms with Crippen molar-refractivity contribution >= 4 is 0 Å². The van der Waals surface area contributed by atoms with E-state index in [1.807, 2.05) is 0 Å². The molecule has 0 radical (unpaired) electrons. The molecule has 0 saturated heterocycles. The van der Waals surface area contributed by atoms with Crippen LogP contribution in [-0.4, -0.2) is 4.57 Å². The Balaban J connectivity index is 2.20. The third-order valence-corrected chi connectivity index (χ3v) is 8.35. The Morgan fingerprint density at radius 2 is 0.838 bits per heavy atom. The molecule has 0 amide bonds. The van der Waals surface area contributed by atoms with E-state index in [1.165, 1.54) is 186 Å². The first-order valence-corrected chi connectivity index (χ1v) is 17.4. The monoisotopic (exact) mass is 518 g/mol. The first-order chi connectivity index (χ1) is 18.3. The molecule has 0 unspecified atom stereocenters. The second-order valence-corrected chi connectivity index (χ2v) is 12.0. The number of rotatable bonds is 29. The standard InChI is InChI=1S/C35H69N2/c1-4-7-10-12-14-16-18-19-21-23-25-27-30-35-36(31-28-9-6-3)33-34-37(35)32-29-26-24-22-20-17-15-13-11-8-5-2/h33-34H,4-32H2,1-3H3/q+1. The van der Waals surface area contributed by atoms with Gasteiger partial charge in [0.25, 0.3) is 5.82 Å². The second kappa shape index (κ2) is 26.8. The molecule has 37 heavy (non-hydrogen) atoms. The van der Waals surface area contributed by atoms with Gasteiger partial charge in [-0.2, -0.15) is 0 Å². The van der Waals surface area contributed by atoms with Crippen molar-refractivity contribution in [2.45, 2.75) is 207 Å². The molecular weight excluding hydrogens is 448 g/mol. The first-order valence-electron chi connectivity index (χ1n) is 17.4. The third-order valence-electron chi connectivity index (χ3n) is 8.35. The van der Waals surface area contributed by atoms with E-state index in [1.54, 1.807) is 5.82 Å². The molecule has 2 nitrogen and oxygen atoms in total. The molecule has 1 aromatic heterocycles. The molecule has 0 saturated carbocycles. The summed E-state index contributed by atoms with van der Waals surface area (Å²) in [7, 11) is 0. The Hall–Kier alpha value is -0.790. The average Bonchev–Trinajstić information content (AvgIpc) is 3.29. The maximum Gasteiger partial charge on any atom is 0.256 e. The van der Waals surface area contributed by atoms with Crippen LogP contribution in [0.3, 0.4) is 0 Å². The summed E-state index contributed by atoms with van der Waals surface area (Å²) in [5.41, 5.74) is 0. The highest BCUT2D eigenvalue weighted by Crippen LogP contribution is 2.15. The molecular formula is C35H69N2+. The number of unbranched alkanes of at least 4 members (excludes halogenated alkanes) is 23. The highest BCUT2D eigenvalue weighted by Gasteiger charge is 2.16. The minimum absolute atomic E-state index is 1.21. The van der Waals surface area contributed by atoms with Gasteiger partial charge in [0.05, 0.1) is 13.1 Å². The zero-order valence-corrected chi connectivity index (χ0v) is 26.1. The van der Waals surface area contributed by atoms with Gasteiger partial charge in [0.15, 0.2) is 0 Å². The lowest BCUT2D eigenvalue weighted by atomic mass is 10.0. The topological polar surface area (TPSA) is 8.81 Å². The van der Waals surface area contributed by atoms with Crippen LogP contribution in [0.2, 0.25) is 0 Å². The molecule has 0 aliphatic heterocycles. The van der Waals surface area contributed by atoms with Crippen LogP contribution >= 0.6 is 0 Å². The predicted molar refractivity (Wildman–Crippen MR) is 165 cm³/mol. The number of aryl methyl sites for hydroxylation is 2. The summed E-state index contributed by atoms with van der Waals surface area (Å²) in [6, 6.07) is 0. The van der Waals surface area contributed by atoms with Gasteiger partial charge in [0.2, 0.25) is 0 Å². The first kappa shape index (κ1) is 34.2. The summed E-state index contributed by atoms with van der Waals surface area (Å²) >= 11 is 0. The summed E-state index contributed by atoms with van der Waals surface area (Å²) in [4.78, 5) is 0. The van der Waals surface area contributed by atoms with Crippen molar-refractivity contribution < 1.29 is 4.57 Å². The van der Waals surface area contributed by atoms with E-state index in [9.17, 15) is 0 Å². The van der Waals surface area contributed by atoms with Gasteiger partial charge in [-0.15, -0.1) is 0 Å². The molecule has 0 N–H and O–H groups in total. The Labute approximate surface area is 234 Å². The molecule has 0 aromatic carbocycles. The molecule has 0 spiro atoms. The van der Waals surface area contributed by atoms with E-state index in [2.05, 4.69) is 42.3 Å². The molecule has 1 rings (SSSR count). The van der Waals surface area contributed by atoms with E-state index in [4.69, 9.17) is 0 Å². The minimum Gasteiger partial charge on any atom is -0.234 e. The van der Waals surface area contributed by atoms with Crippen molar-refractivity contribution in [2.24, 2.45) is 0 Å². The second-order valence-electron chi connectivity index (χ2n) is 12.0. The van der Waals surface area contributed by atoms with E-state index in [0.717, 1.165) is 0 Å². The van der Waals surface area contributed by atoms with E-state index >= 15 is 0 Å². The lowest BCUT2D eigenvalue weighted by molar-refractivity contribution is -0.704. The Morgan fingerprint density at radius 1 is 0.459 bits per heavy atom. The number of hydrogen-bond acceptors (Lipinski definition) is 0. The van der Waals surface area contributed by atoms with Crippen molar-refractivity contribution in [1.29, 1.82) is 0 Å². The van der Waals surface area contributed by atoms with E-state index < -0.39 is 0 Å². The van der Waals surface area contributed by atoms with Crippen molar-refractivity contribution in [3.8, 4) is 0 Å². The minimum atomic E-state index is 1.21. The number of nitrogens with zero attached hydrogens (tertiary/aromatic N) is 2. The van der Waals surface area contributed by atoms with Crippen molar-refractivity contribution in [3.63, 3.8) is 0 Å². The smallest absolute Gasteiger partial charge is 0.234 e. The number of aromatic nitrogens is 2. The van der Waals surface area contributed by atoms with Crippen LogP contribution in [0.5, 0.6) is 0 Å². The van der Waals surface area contributed by atoms with Crippen molar-refractivity contribution in [2.75, 3.05) is 0 Å². The van der Waals surface area contributed by atoms with Crippen LogP contribution in [0.1, 0.15) is 194 Å². The summed E-state index contributed by atoms with van der Waals surface area (Å²) in [5.74, 6) is 1.61. The molecule has 1 aromatic rings. The van der Waals surface area contributed by atoms with Gasteiger partial charge in [-0.25, -0.2) is 9.13 Å². The van der Waals surface area contributed by atoms with Gasteiger partial charge < -0.3 is 0 Å². The highest BCUT2D eigenvalue weighted by molar-refractivity contribution is 4.84. The Kier molecular flexibility index (Phi) is 24.8. The van der Waals surface area contributed by atoms with Crippen LogP contribution in [0.15, 0.2) is 12.4 Å². The van der Waals surface area contributed by atoms with Crippen molar-refractivity contribution in [1.82, 2.24) is 4.57 Å². The Bertz CT molecular complexity index is 576. The fourth-order valence-corrected chi connectivity index (χ4v) is 5.80. The fraction of sp³-hybridized carbons (Fsp3) is 0.914. The van der Waals surface area contributed by atoms with Gasteiger partial charge in [0.1, 0.15) is 12.4 Å². The Morgan fingerprint density at radius 3 is 1.30 bits per heavy atom. The molecule has 218 valence electrons. The maximum atomic E-state index is 2.61. The summed E-state index contributed by atoms with van der Waals surface area (Å²) in [6.07, 6.45) is 43.0. The lowest BCUT2D eigenvalue weighted by Crippen LogP contribution is -2.37. The third kappa shape index (κ3) is 19.9. The zero-order chi connectivity index (χ0) is 26.7. The molecule has 0 fully saturated rings. The zero-order valence-electron chi connectivity index (χ0n) is 26.1. The quantitative estimate of drug-likeness (QED) is 0.0737. The van der Waals surface area contributed by atoms with Crippen LogP contribution in [-0.2, 0) is 19.5 Å². The van der Waals surface area contributed by atoms with E-state index in [0.29, 0.717) is 0 Å². The molecule has 0 atom stereocenters. The van der Waals surface area contributed by atoms with Crippen LogP contribution in [0.4, 0.5) is 0 Å². The molecule has 0 aliphatic carbocycles. The summed E-state index contributed by atoms with van der Waals surface area (Å²) in [6.45, 7) is 9.37. The van der Waals surface area contributed by atoms with Gasteiger partial charge in [0, 0.05) is 6.42 Å². The van der Waals surface area contributed by atoms with Gasteiger partial charge in [-0.3, -0.25) is 0 Å². The van der Waals surface area contributed by atoms with E-state index in [-0.39, 0.29) is 0 Å². The molecule has 2 heteroatoms. The average molecular weight is 518 g/mol. The lowest BCUT2D eigenvalue weighted by Gasteiger charge is -2.07.